The highest BCUT2D eigenvalue weighted by atomic mass is 19.1. The summed E-state index contributed by atoms with van der Waals surface area (Å²) in [7, 11) is 3.01. The van der Waals surface area contributed by atoms with Gasteiger partial charge in [-0.1, -0.05) is 19.8 Å². The Balaban J connectivity index is 2.99. The molecular weight excluding hydrogens is 221 g/mol. The van der Waals surface area contributed by atoms with Gasteiger partial charge in [-0.2, -0.15) is 0 Å². The van der Waals surface area contributed by atoms with Crippen molar-refractivity contribution in [1.29, 1.82) is 0 Å². The summed E-state index contributed by atoms with van der Waals surface area (Å²) < 4.78 is 24.0. The summed E-state index contributed by atoms with van der Waals surface area (Å²) in [6, 6.07) is 2.64. The highest BCUT2D eigenvalue weighted by Gasteiger charge is 2.16. The summed E-state index contributed by atoms with van der Waals surface area (Å²) >= 11 is 0. The molecule has 0 heterocycles. The summed E-state index contributed by atoms with van der Waals surface area (Å²) in [4.78, 5) is 0. The van der Waals surface area contributed by atoms with Crippen LogP contribution in [0.5, 0.6) is 11.5 Å². The van der Waals surface area contributed by atoms with E-state index in [0.29, 0.717) is 17.1 Å². The summed E-state index contributed by atoms with van der Waals surface area (Å²) in [6.07, 6.45) is 2.79. The maximum Gasteiger partial charge on any atom is 0.163 e. The monoisotopic (exact) mass is 241 g/mol. The predicted molar refractivity (Wildman–Crippen MR) is 66.0 cm³/mol. The number of hydrogen-bond acceptors (Lipinski definition) is 3. The van der Waals surface area contributed by atoms with Gasteiger partial charge in [0, 0.05) is 17.7 Å². The Morgan fingerprint density at radius 2 is 1.82 bits per heavy atom. The Kier molecular flexibility index (Phi) is 5.22. The van der Waals surface area contributed by atoms with Crippen molar-refractivity contribution in [3.63, 3.8) is 0 Å². The van der Waals surface area contributed by atoms with Crippen LogP contribution in [-0.2, 0) is 0 Å². The molecule has 0 aromatic heterocycles. The zero-order valence-corrected chi connectivity index (χ0v) is 10.6. The fourth-order valence-electron chi connectivity index (χ4n) is 1.73. The molecule has 0 saturated carbocycles. The van der Waals surface area contributed by atoms with E-state index in [2.05, 4.69) is 6.92 Å². The zero-order chi connectivity index (χ0) is 12.8. The van der Waals surface area contributed by atoms with E-state index >= 15 is 0 Å². The number of benzene rings is 1. The van der Waals surface area contributed by atoms with E-state index in [0.717, 1.165) is 19.3 Å². The van der Waals surface area contributed by atoms with E-state index in [1.165, 1.54) is 20.3 Å². The Bertz CT molecular complexity index is 369. The zero-order valence-electron chi connectivity index (χ0n) is 10.6. The quantitative estimate of drug-likeness (QED) is 0.832. The SMILES string of the molecule is CCCC[C@@H](N)c1cc(OC)c(OC)cc1F. The molecule has 0 aliphatic rings. The van der Waals surface area contributed by atoms with Crippen molar-refractivity contribution in [2.75, 3.05) is 14.2 Å². The van der Waals surface area contributed by atoms with Crippen molar-refractivity contribution in [3.05, 3.63) is 23.5 Å². The van der Waals surface area contributed by atoms with Gasteiger partial charge in [0.25, 0.3) is 0 Å². The molecule has 0 aliphatic heterocycles. The number of ether oxygens (including phenoxy) is 2. The number of rotatable bonds is 6. The van der Waals surface area contributed by atoms with Gasteiger partial charge in [-0.3, -0.25) is 0 Å². The van der Waals surface area contributed by atoms with Crippen molar-refractivity contribution < 1.29 is 13.9 Å². The number of methoxy groups -OCH3 is 2. The highest BCUT2D eigenvalue weighted by molar-refractivity contribution is 5.44. The minimum atomic E-state index is -0.341. The molecule has 2 N–H and O–H groups in total. The third kappa shape index (κ3) is 3.33. The molecule has 0 bridgehead atoms. The van der Waals surface area contributed by atoms with E-state index in [-0.39, 0.29) is 11.9 Å². The van der Waals surface area contributed by atoms with Gasteiger partial charge in [-0.15, -0.1) is 0 Å². The van der Waals surface area contributed by atoms with Crippen LogP contribution in [0, 0.1) is 5.82 Å². The lowest BCUT2D eigenvalue weighted by Gasteiger charge is -2.15. The van der Waals surface area contributed by atoms with Crippen molar-refractivity contribution >= 4 is 0 Å². The lowest BCUT2D eigenvalue weighted by atomic mass is 10.0. The molecule has 17 heavy (non-hydrogen) atoms. The first-order chi connectivity index (χ1) is 8.13. The molecule has 1 aromatic carbocycles. The van der Waals surface area contributed by atoms with E-state index in [1.54, 1.807) is 6.07 Å². The van der Waals surface area contributed by atoms with Crippen LogP contribution in [0.25, 0.3) is 0 Å². The van der Waals surface area contributed by atoms with Crippen molar-refractivity contribution in [2.45, 2.75) is 32.2 Å². The second-order valence-corrected chi connectivity index (χ2v) is 3.98. The van der Waals surface area contributed by atoms with Crippen molar-refractivity contribution in [3.8, 4) is 11.5 Å². The third-order valence-electron chi connectivity index (χ3n) is 2.77. The number of unbranched alkanes of at least 4 members (excludes halogenated alkanes) is 1. The van der Waals surface area contributed by atoms with Gasteiger partial charge in [-0.25, -0.2) is 4.39 Å². The van der Waals surface area contributed by atoms with Crippen LogP contribution in [0.2, 0.25) is 0 Å². The first kappa shape index (κ1) is 13.8. The standard InChI is InChI=1S/C13H20FNO2/c1-4-5-6-11(15)9-7-12(16-2)13(17-3)8-10(9)14/h7-8,11H,4-6,15H2,1-3H3/t11-/m1/s1. The molecule has 0 spiro atoms. The first-order valence-corrected chi connectivity index (χ1v) is 5.81. The molecule has 4 heteroatoms. The average molecular weight is 241 g/mol. The maximum absolute atomic E-state index is 13.8. The Hall–Kier alpha value is -1.29. The Morgan fingerprint density at radius 1 is 1.24 bits per heavy atom. The molecule has 1 atom stereocenters. The number of nitrogens with two attached hydrogens (primary N) is 1. The molecule has 96 valence electrons. The Labute approximate surface area is 102 Å². The van der Waals surface area contributed by atoms with Gasteiger partial charge in [0.2, 0.25) is 0 Å². The normalized spacial score (nSPS) is 12.3. The summed E-state index contributed by atoms with van der Waals surface area (Å²) in [5.41, 5.74) is 6.44. The van der Waals surface area contributed by atoms with E-state index < -0.39 is 0 Å². The van der Waals surface area contributed by atoms with Crippen LogP contribution in [0.4, 0.5) is 4.39 Å². The third-order valence-corrected chi connectivity index (χ3v) is 2.77. The molecule has 1 rings (SSSR count). The van der Waals surface area contributed by atoms with Crippen LogP contribution < -0.4 is 15.2 Å². The number of hydrogen-bond donors (Lipinski definition) is 1. The van der Waals surface area contributed by atoms with E-state index in [1.807, 2.05) is 0 Å². The van der Waals surface area contributed by atoms with Crippen molar-refractivity contribution in [2.24, 2.45) is 5.73 Å². The topological polar surface area (TPSA) is 44.5 Å². The van der Waals surface area contributed by atoms with Crippen molar-refractivity contribution in [1.82, 2.24) is 0 Å². The molecular formula is C13H20FNO2. The van der Waals surface area contributed by atoms with Gasteiger partial charge >= 0.3 is 0 Å². The summed E-state index contributed by atoms with van der Waals surface area (Å²) in [5, 5.41) is 0. The average Bonchev–Trinajstić information content (AvgIpc) is 2.35. The molecule has 0 saturated heterocycles. The minimum absolute atomic E-state index is 0.297. The molecule has 0 aliphatic carbocycles. The van der Waals surface area contributed by atoms with Gasteiger partial charge in [-0.05, 0) is 12.5 Å². The molecule has 3 nitrogen and oxygen atoms in total. The van der Waals surface area contributed by atoms with Gasteiger partial charge in [0.05, 0.1) is 14.2 Å². The maximum atomic E-state index is 13.8. The van der Waals surface area contributed by atoms with Gasteiger partial charge in [0.15, 0.2) is 11.5 Å². The van der Waals surface area contributed by atoms with E-state index in [4.69, 9.17) is 15.2 Å². The van der Waals surface area contributed by atoms with Crippen LogP contribution in [0.1, 0.15) is 37.8 Å². The second-order valence-electron chi connectivity index (χ2n) is 3.98. The predicted octanol–water partition coefficient (Wildman–Crippen LogP) is 3.03. The fraction of sp³-hybridized carbons (Fsp3) is 0.538. The Morgan fingerprint density at radius 3 is 2.35 bits per heavy atom. The van der Waals surface area contributed by atoms with Gasteiger partial charge in [0.1, 0.15) is 5.82 Å². The minimum Gasteiger partial charge on any atom is -0.493 e. The lowest BCUT2D eigenvalue weighted by Crippen LogP contribution is -2.12. The first-order valence-electron chi connectivity index (χ1n) is 5.81. The van der Waals surface area contributed by atoms with E-state index in [9.17, 15) is 4.39 Å². The molecule has 0 unspecified atom stereocenters. The highest BCUT2D eigenvalue weighted by Crippen LogP contribution is 2.32. The van der Waals surface area contributed by atoms with Crippen LogP contribution in [0.15, 0.2) is 12.1 Å². The summed E-state index contributed by atoms with van der Waals surface area (Å²) in [5.74, 6) is 0.554. The second kappa shape index (κ2) is 6.45. The molecule has 1 aromatic rings. The molecule has 0 fully saturated rings. The largest absolute Gasteiger partial charge is 0.493 e. The summed E-state index contributed by atoms with van der Waals surface area (Å²) in [6.45, 7) is 2.08. The fourth-order valence-corrected chi connectivity index (χ4v) is 1.73. The molecule has 0 radical (unpaired) electrons. The smallest absolute Gasteiger partial charge is 0.163 e. The molecule has 0 amide bonds. The lowest BCUT2D eigenvalue weighted by molar-refractivity contribution is 0.350. The van der Waals surface area contributed by atoms with Crippen LogP contribution >= 0.6 is 0 Å². The van der Waals surface area contributed by atoms with Crippen LogP contribution in [0.3, 0.4) is 0 Å². The number of halogens is 1. The van der Waals surface area contributed by atoms with Gasteiger partial charge < -0.3 is 15.2 Å². The van der Waals surface area contributed by atoms with Crippen LogP contribution in [-0.4, -0.2) is 14.2 Å².